The molecule has 1 fully saturated rings. The Morgan fingerprint density at radius 2 is 2.00 bits per heavy atom. The molecular formula is C15H17N3O2S. The van der Waals surface area contributed by atoms with Gasteiger partial charge in [-0.2, -0.15) is 0 Å². The Labute approximate surface area is 124 Å². The van der Waals surface area contributed by atoms with Gasteiger partial charge >= 0.3 is 0 Å². The van der Waals surface area contributed by atoms with Gasteiger partial charge in [-0.15, -0.1) is 0 Å². The van der Waals surface area contributed by atoms with Crippen molar-refractivity contribution in [3.8, 4) is 0 Å². The van der Waals surface area contributed by atoms with Crippen LogP contribution in [0.1, 0.15) is 18.4 Å². The first kappa shape index (κ1) is 14.0. The number of aromatic nitrogens is 1. The maximum absolute atomic E-state index is 12.3. The third-order valence-electron chi connectivity index (χ3n) is 3.28. The number of hydrogen-bond acceptors (Lipinski definition) is 4. The van der Waals surface area contributed by atoms with E-state index in [1.807, 2.05) is 6.07 Å². The molecule has 6 heteroatoms. The van der Waals surface area contributed by atoms with Gasteiger partial charge in [0.2, 0.25) is 0 Å². The Morgan fingerprint density at radius 1 is 1.14 bits per heavy atom. The molecule has 0 amide bonds. The summed E-state index contributed by atoms with van der Waals surface area (Å²) >= 11 is 0. The average Bonchev–Trinajstić information content (AvgIpc) is 3.30. The van der Waals surface area contributed by atoms with Gasteiger partial charge in [0.15, 0.2) is 0 Å². The van der Waals surface area contributed by atoms with Crippen molar-refractivity contribution in [2.24, 2.45) is 0 Å². The SMILES string of the molecule is O=S(=O)(Nc1ccccn1)c1cccc(CNC2CC2)c1. The van der Waals surface area contributed by atoms with Crippen molar-refractivity contribution in [2.45, 2.75) is 30.3 Å². The zero-order valence-corrected chi connectivity index (χ0v) is 12.3. The van der Waals surface area contributed by atoms with Gasteiger partial charge in [-0.05, 0) is 42.7 Å². The number of nitrogens with one attached hydrogen (secondary N) is 2. The third kappa shape index (κ3) is 3.80. The lowest BCUT2D eigenvalue weighted by atomic mass is 10.2. The molecule has 1 aliphatic rings. The van der Waals surface area contributed by atoms with Crippen molar-refractivity contribution < 1.29 is 8.42 Å². The van der Waals surface area contributed by atoms with Gasteiger partial charge in [0.1, 0.15) is 5.82 Å². The number of rotatable bonds is 6. The molecule has 0 atom stereocenters. The second-order valence-electron chi connectivity index (χ2n) is 5.12. The Balaban J connectivity index is 1.76. The van der Waals surface area contributed by atoms with Gasteiger partial charge in [0, 0.05) is 18.8 Å². The van der Waals surface area contributed by atoms with Gasteiger partial charge in [-0.25, -0.2) is 13.4 Å². The number of benzene rings is 1. The molecule has 5 nitrogen and oxygen atoms in total. The molecule has 21 heavy (non-hydrogen) atoms. The zero-order chi connectivity index (χ0) is 14.7. The summed E-state index contributed by atoms with van der Waals surface area (Å²) in [5, 5.41) is 3.37. The molecule has 1 saturated carbocycles. The lowest BCUT2D eigenvalue weighted by Crippen LogP contribution is -2.17. The van der Waals surface area contributed by atoms with Crippen LogP contribution in [0.15, 0.2) is 53.6 Å². The number of anilines is 1. The normalized spacial score (nSPS) is 14.9. The standard InChI is InChI=1S/C15H17N3O2S/c19-21(20,18-15-6-1-2-9-16-15)14-5-3-4-12(10-14)11-17-13-7-8-13/h1-6,9-10,13,17H,7-8,11H2,(H,16,18). The molecule has 0 unspecified atom stereocenters. The van der Waals surface area contributed by atoms with Crippen LogP contribution in [0.2, 0.25) is 0 Å². The maximum Gasteiger partial charge on any atom is 0.263 e. The van der Waals surface area contributed by atoms with E-state index in [1.54, 1.807) is 42.6 Å². The van der Waals surface area contributed by atoms with E-state index >= 15 is 0 Å². The predicted molar refractivity (Wildman–Crippen MR) is 81.3 cm³/mol. The quantitative estimate of drug-likeness (QED) is 0.857. The fraction of sp³-hybridized carbons (Fsp3) is 0.267. The summed E-state index contributed by atoms with van der Waals surface area (Å²) in [5.74, 6) is 0.319. The van der Waals surface area contributed by atoms with Crippen LogP contribution in [0.5, 0.6) is 0 Å². The number of pyridine rings is 1. The van der Waals surface area contributed by atoms with Crippen molar-refractivity contribution in [3.05, 3.63) is 54.2 Å². The van der Waals surface area contributed by atoms with Crippen LogP contribution < -0.4 is 10.0 Å². The second-order valence-corrected chi connectivity index (χ2v) is 6.81. The van der Waals surface area contributed by atoms with Crippen molar-refractivity contribution in [1.29, 1.82) is 0 Å². The van der Waals surface area contributed by atoms with E-state index in [-0.39, 0.29) is 4.90 Å². The Hall–Kier alpha value is -1.92. The molecule has 1 aliphatic carbocycles. The van der Waals surface area contributed by atoms with Gasteiger partial charge in [0.05, 0.1) is 4.90 Å². The summed E-state index contributed by atoms with van der Waals surface area (Å²) < 4.78 is 27.1. The van der Waals surface area contributed by atoms with Gasteiger partial charge < -0.3 is 5.32 Å². The minimum atomic E-state index is -3.60. The summed E-state index contributed by atoms with van der Waals surface area (Å²) in [6.45, 7) is 0.692. The van der Waals surface area contributed by atoms with Crippen LogP contribution in [-0.2, 0) is 16.6 Å². The molecule has 0 bridgehead atoms. The van der Waals surface area contributed by atoms with Gasteiger partial charge in [-0.1, -0.05) is 18.2 Å². The van der Waals surface area contributed by atoms with Crippen molar-refractivity contribution in [1.82, 2.24) is 10.3 Å². The molecule has 1 aromatic carbocycles. The molecule has 0 aliphatic heterocycles. The minimum absolute atomic E-state index is 0.253. The van der Waals surface area contributed by atoms with Crippen LogP contribution in [0.3, 0.4) is 0 Å². The molecule has 0 radical (unpaired) electrons. The Kier molecular flexibility index (Phi) is 3.90. The first-order valence-electron chi connectivity index (χ1n) is 6.90. The summed E-state index contributed by atoms with van der Waals surface area (Å²) in [5.41, 5.74) is 0.964. The van der Waals surface area contributed by atoms with Crippen LogP contribution in [0.4, 0.5) is 5.82 Å². The topological polar surface area (TPSA) is 71.1 Å². The highest BCUT2D eigenvalue weighted by Crippen LogP contribution is 2.20. The lowest BCUT2D eigenvalue weighted by Gasteiger charge is -2.09. The van der Waals surface area contributed by atoms with Crippen molar-refractivity contribution in [2.75, 3.05) is 4.72 Å². The summed E-state index contributed by atoms with van der Waals surface area (Å²) in [4.78, 5) is 4.23. The van der Waals surface area contributed by atoms with Crippen LogP contribution in [0, 0.1) is 0 Å². The van der Waals surface area contributed by atoms with Crippen LogP contribution in [0.25, 0.3) is 0 Å². The number of nitrogens with zero attached hydrogens (tertiary/aromatic N) is 1. The van der Waals surface area contributed by atoms with Crippen molar-refractivity contribution >= 4 is 15.8 Å². The van der Waals surface area contributed by atoms with Crippen LogP contribution in [-0.4, -0.2) is 19.4 Å². The smallest absolute Gasteiger partial charge is 0.263 e. The molecule has 1 heterocycles. The first-order valence-corrected chi connectivity index (χ1v) is 8.38. The average molecular weight is 303 g/mol. The monoisotopic (exact) mass is 303 g/mol. The summed E-state index contributed by atoms with van der Waals surface area (Å²) in [6.07, 6.45) is 3.96. The molecule has 2 N–H and O–H groups in total. The fourth-order valence-corrected chi connectivity index (χ4v) is 3.07. The van der Waals surface area contributed by atoms with E-state index in [0.29, 0.717) is 18.4 Å². The molecule has 110 valence electrons. The number of hydrogen-bond donors (Lipinski definition) is 2. The van der Waals surface area contributed by atoms with E-state index in [2.05, 4.69) is 15.0 Å². The highest BCUT2D eigenvalue weighted by atomic mass is 32.2. The zero-order valence-electron chi connectivity index (χ0n) is 11.5. The van der Waals surface area contributed by atoms with E-state index in [0.717, 1.165) is 5.56 Å². The lowest BCUT2D eigenvalue weighted by molar-refractivity contribution is 0.600. The van der Waals surface area contributed by atoms with E-state index in [4.69, 9.17) is 0 Å². The van der Waals surface area contributed by atoms with Gasteiger partial charge in [-0.3, -0.25) is 4.72 Å². The minimum Gasteiger partial charge on any atom is -0.310 e. The fourth-order valence-electron chi connectivity index (χ4n) is 1.99. The molecule has 1 aromatic heterocycles. The summed E-state index contributed by atoms with van der Waals surface area (Å²) in [6, 6.07) is 12.7. The molecule has 0 spiro atoms. The largest absolute Gasteiger partial charge is 0.310 e. The maximum atomic E-state index is 12.3. The molecule has 0 saturated heterocycles. The van der Waals surface area contributed by atoms with E-state index < -0.39 is 10.0 Å². The van der Waals surface area contributed by atoms with Crippen LogP contribution >= 0.6 is 0 Å². The second kappa shape index (κ2) is 5.83. The number of sulfonamides is 1. The van der Waals surface area contributed by atoms with Crippen molar-refractivity contribution in [3.63, 3.8) is 0 Å². The Bertz CT molecular complexity index is 713. The van der Waals surface area contributed by atoms with E-state index in [9.17, 15) is 8.42 Å². The van der Waals surface area contributed by atoms with Gasteiger partial charge in [0.25, 0.3) is 10.0 Å². The highest BCUT2D eigenvalue weighted by molar-refractivity contribution is 7.92. The molecule has 3 rings (SSSR count). The Morgan fingerprint density at radius 3 is 2.71 bits per heavy atom. The molecule has 2 aromatic rings. The highest BCUT2D eigenvalue weighted by Gasteiger charge is 2.20. The first-order chi connectivity index (χ1) is 10.1. The predicted octanol–water partition coefficient (Wildman–Crippen LogP) is 2.13. The molecular weight excluding hydrogens is 286 g/mol. The summed E-state index contributed by atoms with van der Waals surface area (Å²) in [7, 11) is -3.60. The van der Waals surface area contributed by atoms with E-state index in [1.165, 1.54) is 12.8 Å². The third-order valence-corrected chi connectivity index (χ3v) is 4.64.